The largest absolute Gasteiger partial charge is 0.361 e. The van der Waals surface area contributed by atoms with E-state index in [1.807, 2.05) is 41.8 Å². The summed E-state index contributed by atoms with van der Waals surface area (Å²) in [5.41, 5.74) is 1.23. The van der Waals surface area contributed by atoms with Crippen LogP contribution in [0, 0.1) is 6.92 Å². The van der Waals surface area contributed by atoms with E-state index in [0.29, 0.717) is 10.8 Å². The van der Waals surface area contributed by atoms with Crippen molar-refractivity contribution in [3.05, 3.63) is 74.8 Å². The summed E-state index contributed by atoms with van der Waals surface area (Å²) in [6, 6.07) is 12.7. The average Bonchev–Trinajstić information content (AvgIpc) is 3.17. The van der Waals surface area contributed by atoms with Crippen LogP contribution < -0.4 is 5.32 Å². The molecule has 0 radical (unpaired) electrons. The number of aromatic nitrogens is 1. The number of amides is 1. The number of nitrogens with one attached hydrogen (secondary N) is 1. The maximum atomic E-state index is 12.3. The highest BCUT2D eigenvalue weighted by atomic mass is 35.5. The molecule has 1 amide bonds. The highest BCUT2D eigenvalue weighted by Gasteiger charge is 2.20. The molecule has 0 aliphatic carbocycles. The Morgan fingerprint density at radius 3 is 2.68 bits per heavy atom. The van der Waals surface area contributed by atoms with Crippen LogP contribution in [0.25, 0.3) is 0 Å². The number of carbonyl (C=O) groups excluding carboxylic acids is 1. The molecule has 2 aromatic heterocycles. The summed E-state index contributed by atoms with van der Waals surface area (Å²) in [7, 11) is 0. The van der Waals surface area contributed by atoms with Crippen molar-refractivity contribution in [1.29, 1.82) is 0 Å². The zero-order chi connectivity index (χ0) is 15.5. The van der Waals surface area contributed by atoms with Gasteiger partial charge in [-0.3, -0.25) is 4.79 Å². The number of rotatable bonds is 4. The average molecular weight is 333 g/mol. The lowest BCUT2D eigenvalue weighted by Gasteiger charge is -2.17. The van der Waals surface area contributed by atoms with Crippen LogP contribution in [0.5, 0.6) is 0 Å². The molecule has 6 heteroatoms. The van der Waals surface area contributed by atoms with Gasteiger partial charge in [-0.1, -0.05) is 35.0 Å². The van der Waals surface area contributed by atoms with Gasteiger partial charge >= 0.3 is 0 Å². The fraction of sp³-hybridized carbons (Fsp3) is 0.125. The van der Waals surface area contributed by atoms with Crippen LogP contribution in [-0.4, -0.2) is 11.1 Å². The minimum atomic E-state index is -0.273. The van der Waals surface area contributed by atoms with Crippen molar-refractivity contribution >= 4 is 28.8 Å². The van der Waals surface area contributed by atoms with E-state index in [1.165, 1.54) is 0 Å². The second kappa shape index (κ2) is 6.34. The van der Waals surface area contributed by atoms with E-state index in [2.05, 4.69) is 10.5 Å². The zero-order valence-electron chi connectivity index (χ0n) is 11.7. The molecule has 0 spiro atoms. The van der Waals surface area contributed by atoms with Gasteiger partial charge in [0.05, 0.1) is 6.04 Å². The Bertz CT molecular complexity index is 766. The number of aryl methyl sites for hydroxylation is 1. The fourth-order valence-corrected chi connectivity index (χ4v) is 3.04. The van der Waals surface area contributed by atoms with Crippen molar-refractivity contribution in [3.63, 3.8) is 0 Å². The Hall–Kier alpha value is -2.11. The monoisotopic (exact) mass is 332 g/mol. The molecule has 0 saturated carbocycles. The molecule has 0 unspecified atom stereocenters. The summed E-state index contributed by atoms with van der Waals surface area (Å²) in [5, 5.41) is 9.38. The first-order valence-corrected chi connectivity index (χ1v) is 7.92. The predicted molar refractivity (Wildman–Crippen MR) is 86.3 cm³/mol. The molecule has 0 fully saturated rings. The summed E-state index contributed by atoms with van der Waals surface area (Å²) in [4.78, 5) is 13.4. The number of nitrogens with zero attached hydrogens (tertiary/aromatic N) is 1. The molecule has 0 saturated heterocycles. The van der Waals surface area contributed by atoms with Crippen LogP contribution in [0.3, 0.4) is 0 Å². The number of thiophene rings is 1. The van der Waals surface area contributed by atoms with Crippen molar-refractivity contribution < 1.29 is 9.32 Å². The van der Waals surface area contributed by atoms with Gasteiger partial charge in [0.25, 0.3) is 5.91 Å². The molecule has 0 aliphatic heterocycles. The minimum Gasteiger partial charge on any atom is -0.361 e. The summed E-state index contributed by atoms with van der Waals surface area (Å²) < 4.78 is 4.95. The van der Waals surface area contributed by atoms with E-state index < -0.39 is 0 Å². The quantitative estimate of drug-likeness (QED) is 0.778. The maximum Gasteiger partial charge on any atom is 0.274 e. The Kier molecular flexibility index (Phi) is 4.27. The van der Waals surface area contributed by atoms with Crippen molar-refractivity contribution in [1.82, 2.24) is 10.5 Å². The first kappa shape index (κ1) is 14.8. The molecule has 3 rings (SSSR count). The normalized spacial score (nSPS) is 12.1. The number of hydrogen-bond acceptors (Lipinski definition) is 4. The molecule has 2 heterocycles. The van der Waals surface area contributed by atoms with Gasteiger partial charge in [-0.15, -0.1) is 11.3 Å². The Balaban J connectivity index is 1.89. The summed E-state index contributed by atoms with van der Waals surface area (Å²) in [6.45, 7) is 1.75. The van der Waals surface area contributed by atoms with Gasteiger partial charge in [0.15, 0.2) is 5.69 Å². The fourth-order valence-electron chi connectivity index (χ4n) is 2.11. The van der Waals surface area contributed by atoms with Crippen molar-refractivity contribution in [2.24, 2.45) is 0 Å². The van der Waals surface area contributed by atoms with E-state index in [1.54, 1.807) is 24.3 Å². The SMILES string of the molecule is Cc1cc(C(=O)N[C@@H](c2ccc(Cl)cc2)c2cccs2)no1. The summed E-state index contributed by atoms with van der Waals surface area (Å²) in [5.74, 6) is 0.328. The minimum absolute atomic E-state index is 0.248. The van der Waals surface area contributed by atoms with Crippen LogP contribution in [0.4, 0.5) is 0 Å². The molecule has 3 aromatic rings. The van der Waals surface area contributed by atoms with Gasteiger partial charge in [0.1, 0.15) is 5.76 Å². The van der Waals surface area contributed by atoms with Crippen molar-refractivity contribution in [2.75, 3.05) is 0 Å². The highest BCUT2D eigenvalue weighted by molar-refractivity contribution is 7.10. The first-order valence-electron chi connectivity index (χ1n) is 6.66. The smallest absolute Gasteiger partial charge is 0.274 e. The van der Waals surface area contributed by atoms with Crippen LogP contribution >= 0.6 is 22.9 Å². The van der Waals surface area contributed by atoms with Gasteiger partial charge in [0, 0.05) is 16.0 Å². The Morgan fingerprint density at radius 1 is 1.32 bits per heavy atom. The molecule has 0 aliphatic rings. The second-order valence-electron chi connectivity index (χ2n) is 4.80. The molecule has 112 valence electrons. The number of hydrogen-bond donors (Lipinski definition) is 1. The molecule has 22 heavy (non-hydrogen) atoms. The van der Waals surface area contributed by atoms with Crippen LogP contribution in [0.15, 0.2) is 52.4 Å². The van der Waals surface area contributed by atoms with E-state index >= 15 is 0 Å². The lowest BCUT2D eigenvalue weighted by molar-refractivity contribution is 0.0934. The third-order valence-corrected chi connectivity index (χ3v) is 4.36. The maximum absolute atomic E-state index is 12.3. The Morgan fingerprint density at radius 2 is 2.09 bits per heavy atom. The standard InChI is InChI=1S/C16H13ClN2O2S/c1-10-9-13(19-21-10)16(20)18-15(14-3-2-8-22-14)11-4-6-12(17)7-5-11/h2-9,15H,1H3,(H,18,20)/t15-/m0/s1. The number of halogens is 1. The van der Waals surface area contributed by atoms with Gasteiger partial charge in [-0.05, 0) is 36.1 Å². The molecule has 4 nitrogen and oxygen atoms in total. The topological polar surface area (TPSA) is 55.1 Å². The zero-order valence-corrected chi connectivity index (χ0v) is 13.3. The molecule has 1 aromatic carbocycles. The lowest BCUT2D eigenvalue weighted by Crippen LogP contribution is -2.29. The van der Waals surface area contributed by atoms with E-state index in [0.717, 1.165) is 10.4 Å². The van der Waals surface area contributed by atoms with Crippen LogP contribution in [0.1, 0.15) is 32.7 Å². The van der Waals surface area contributed by atoms with Gasteiger partial charge in [0.2, 0.25) is 0 Å². The van der Waals surface area contributed by atoms with Crippen molar-refractivity contribution in [3.8, 4) is 0 Å². The van der Waals surface area contributed by atoms with Crippen LogP contribution in [-0.2, 0) is 0 Å². The second-order valence-corrected chi connectivity index (χ2v) is 6.21. The molecular formula is C16H13ClN2O2S. The van der Waals surface area contributed by atoms with E-state index in [9.17, 15) is 4.79 Å². The number of carbonyl (C=O) groups is 1. The van der Waals surface area contributed by atoms with E-state index in [-0.39, 0.29) is 17.6 Å². The lowest BCUT2D eigenvalue weighted by atomic mass is 10.1. The predicted octanol–water partition coefficient (Wildman–Crippen LogP) is 4.22. The summed E-state index contributed by atoms with van der Waals surface area (Å²) in [6.07, 6.45) is 0. The first-order chi connectivity index (χ1) is 10.6. The number of benzene rings is 1. The van der Waals surface area contributed by atoms with Gasteiger partial charge in [-0.25, -0.2) is 0 Å². The highest BCUT2D eigenvalue weighted by Crippen LogP contribution is 2.27. The molecular weight excluding hydrogens is 320 g/mol. The summed E-state index contributed by atoms with van der Waals surface area (Å²) >= 11 is 7.52. The third-order valence-electron chi connectivity index (χ3n) is 3.17. The van der Waals surface area contributed by atoms with Gasteiger partial charge < -0.3 is 9.84 Å². The molecule has 1 N–H and O–H groups in total. The Labute approximate surface area is 136 Å². The molecule has 1 atom stereocenters. The van der Waals surface area contributed by atoms with Crippen molar-refractivity contribution in [2.45, 2.75) is 13.0 Å². The van der Waals surface area contributed by atoms with Gasteiger partial charge in [-0.2, -0.15) is 0 Å². The third kappa shape index (κ3) is 3.21. The van der Waals surface area contributed by atoms with E-state index in [4.69, 9.17) is 16.1 Å². The van der Waals surface area contributed by atoms with Crippen LogP contribution in [0.2, 0.25) is 5.02 Å². The molecule has 0 bridgehead atoms.